The Balaban J connectivity index is 0.000000366. The Morgan fingerprint density at radius 1 is 0.426 bits per heavy atom. The lowest BCUT2D eigenvalue weighted by molar-refractivity contribution is -0.693. The highest BCUT2D eigenvalue weighted by Gasteiger charge is 2.52. The Kier molecular flexibility index (Phi) is 13.2. The van der Waals surface area contributed by atoms with Gasteiger partial charge in [0.15, 0.2) is 82.5 Å². The van der Waals surface area contributed by atoms with Crippen molar-refractivity contribution in [2.24, 2.45) is 0 Å². The molecule has 0 aliphatic rings. The highest BCUT2D eigenvalue weighted by molar-refractivity contribution is 7.80. The number of halogens is 20. The van der Waals surface area contributed by atoms with Crippen molar-refractivity contribution < 1.29 is 97.1 Å². The highest BCUT2D eigenvalue weighted by Crippen LogP contribution is 2.30. The summed E-state index contributed by atoms with van der Waals surface area (Å²) in [6.07, 6.45) is -1.88. The maximum atomic E-state index is 15.4. The van der Waals surface area contributed by atoms with Crippen LogP contribution >= 0.6 is 12.6 Å². The predicted molar refractivity (Wildman–Crippen MR) is 174 cm³/mol. The predicted octanol–water partition coefficient (Wildman–Crippen LogP) is 7.53. The molecule has 0 saturated carbocycles. The molecule has 3 nitrogen and oxygen atoms in total. The van der Waals surface area contributed by atoms with Gasteiger partial charge in [-0.05, 0) is 0 Å². The van der Waals surface area contributed by atoms with Crippen molar-refractivity contribution in [3.05, 3.63) is 171 Å². The molecule has 0 saturated heterocycles. The molecule has 0 unspecified atom stereocenters. The van der Waals surface area contributed by atoms with E-state index < -0.39 is 144 Å². The maximum Gasteiger partial charge on any atom is 0.387 e. The Morgan fingerprint density at radius 3 is 0.984 bits per heavy atom. The molecule has 1 aromatic heterocycles. The van der Waals surface area contributed by atoms with Gasteiger partial charge in [0, 0.05) is 5.56 Å². The van der Waals surface area contributed by atoms with E-state index in [1.165, 1.54) is 5.56 Å². The van der Waals surface area contributed by atoms with Crippen LogP contribution in [0.3, 0.4) is 0 Å². The van der Waals surface area contributed by atoms with Crippen LogP contribution in [-0.4, -0.2) is 17.1 Å². The first-order valence-corrected chi connectivity index (χ1v) is 16.6. The topological polar surface area (TPSA) is 26.0 Å². The molecular weight excluding hydrogens is 899 g/mol. The fraction of sp³-hybridized carbons (Fsp3) is 0.0556. The second-order valence-electron chi connectivity index (χ2n) is 12.1. The molecular formula is C36H13BF20N2OS. The molecule has 0 spiro atoms. The lowest BCUT2D eigenvalue weighted by Crippen LogP contribution is -2.81. The summed E-state index contributed by atoms with van der Waals surface area (Å²) in [5.41, 5.74) is -13.1. The number of rotatable bonds is 8. The van der Waals surface area contributed by atoms with Crippen LogP contribution < -0.4 is 31.2 Å². The van der Waals surface area contributed by atoms with Gasteiger partial charge in [-0.1, -0.05) is 30.3 Å². The van der Waals surface area contributed by atoms with E-state index in [1.54, 1.807) is 12.4 Å². The van der Waals surface area contributed by atoms with Gasteiger partial charge >= 0.3 is 5.88 Å². The third-order valence-corrected chi connectivity index (χ3v) is 9.05. The molecule has 0 bridgehead atoms. The summed E-state index contributed by atoms with van der Waals surface area (Å²) in [5.74, 6) is -70.3. The number of aromatic nitrogens is 2. The largest absolute Gasteiger partial charge is 0.432 e. The highest BCUT2D eigenvalue weighted by atomic mass is 32.1. The van der Waals surface area contributed by atoms with Gasteiger partial charge in [0.2, 0.25) is 0 Å². The first-order valence-electron chi connectivity index (χ1n) is 15.9. The van der Waals surface area contributed by atoms with E-state index in [0.29, 0.717) is 5.94 Å². The van der Waals surface area contributed by atoms with Crippen LogP contribution in [0, 0.1) is 116 Å². The van der Waals surface area contributed by atoms with E-state index in [2.05, 4.69) is 29.7 Å². The molecule has 0 amide bonds. The van der Waals surface area contributed by atoms with E-state index in [0.717, 1.165) is 12.4 Å². The Labute approximate surface area is 331 Å². The zero-order chi connectivity index (χ0) is 45.6. The lowest BCUT2D eigenvalue weighted by Gasteiger charge is -2.44. The minimum absolute atomic E-state index is 0.348. The summed E-state index contributed by atoms with van der Waals surface area (Å²) in [4.78, 5) is 4.03. The molecule has 1 heterocycles. The number of nitrogens with zero attached hydrogens (tertiary/aromatic N) is 2. The van der Waals surface area contributed by atoms with Gasteiger partial charge in [0.25, 0.3) is 0 Å². The van der Waals surface area contributed by atoms with E-state index >= 15 is 35.1 Å². The molecule has 5 aromatic carbocycles. The van der Waals surface area contributed by atoms with Crippen LogP contribution in [0.5, 0.6) is 5.88 Å². The van der Waals surface area contributed by atoms with Crippen LogP contribution in [0.25, 0.3) is 0 Å². The Bertz CT molecular complexity index is 2330. The summed E-state index contributed by atoms with van der Waals surface area (Å²) >= 11 is 4.04. The van der Waals surface area contributed by atoms with Crippen molar-refractivity contribution in [3.63, 3.8) is 0 Å². The molecule has 6 rings (SSSR count). The number of benzene rings is 5. The molecule has 0 atom stereocenters. The number of hydrogen-bond donors (Lipinski definition) is 1. The van der Waals surface area contributed by atoms with Crippen molar-refractivity contribution in [3.8, 4) is 5.88 Å². The van der Waals surface area contributed by atoms with E-state index in [4.69, 9.17) is 4.74 Å². The lowest BCUT2D eigenvalue weighted by atomic mass is 9.12. The van der Waals surface area contributed by atoms with Crippen molar-refractivity contribution in [2.45, 2.75) is 6.54 Å². The first kappa shape index (κ1) is 46.1. The third kappa shape index (κ3) is 7.45. The van der Waals surface area contributed by atoms with Gasteiger partial charge < -0.3 is 4.74 Å². The zero-order valence-corrected chi connectivity index (χ0v) is 29.8. The van der Waals surface area contributed by atoms with E-state index in [1.807, 2.05) is 29.0 Å². The van der Waals surface area contributed by atoms with Gasteiger partial charge in [-0.2, -0.15) is 4.57 Å². The van der Waals surface area contributed by atoms with Crippen LogP contribution in [0.1, 0.15) is 5.56 Å². The zero-order valence-electron chi connectivity index (χ0n) is 28.9. The van der Waals surface area contributed by atoms with Crippen LogP contribution in [0.4, 0.5) is 87.8 Å². The molecule has 0 aliphatic heterocycles. The minimum Gasteiger partial charge on any atom is -0.432 e. The quantitative estimate of drug-likeness (QED) is 0.0326. The molecule has 0 N–H and O–H groups in total. The minimum atomic E-state index is -7.22. The fourth-order valence-electron chi connectivity index (χ4n) is 6.34. The van der Waals surface area contributed by atoms with E-state index in [9.17, 15) is 52.7 Å². The van der Waals surface area contributed by atoms with Crippen LogP contribution in [-0.2, 0) is 6.54 Å². The molecule has 322 valence electrons. The SMILES string of the molecule is Fc1c(F)c(F)c([B-](c2c(F)c(F)c(F)c(F)c2F)(c2c(F)c(F)c(F)c(F)c2F)c2c(F)c(F)c(F)c(F)c2F)c(F)c1F.SCOc1cncc[n+]1Cc1ccccc1. The van der Waals surface area contributed by atoms with Gasteiger partial charge in [-0.15, -0.1) is 34.5 Å². The van der Waals surface area contributed by atoms with Gasteiger partial charge in [0.05, 0.1) is 6.20 Å². The van der Waals surface area contributed by atoms with Gasteiger partial charge in [0.1, 0.15) is 64.8 Å². The average molecular weight is 912 g/mol. The van der Waals surface area contributed by atoms with Crippen molar-refractivity contribution in [1.82, 2.24) is 4.98 Å². The average Bonchev–Trinajstić information content (AvgIpc) is 3.25. The fourth-order valence-corrected chi connectivity index (χ4v) is 6.48. The Hall–Kier alpha value is -6.01. The second-order valence-corrected chi connectivity index (χ2v) is 12.4. The molecule has 0 aliphatic carbocycles. The first-order chi connectivity index (χ1) is 28.6. The van der Waals surface area contributed by atoms with Crippen molar-refractivity contribution in [2.75, 3.05) is 5.94 Å². The number of hydrogen-bond acceptors (Lipinski definition) is 3. The summed E-state index contributed by atoms with van der Waals surface area (Å²) in [7, 11) is 0. The van der Waals surface area contributed by atoms with Crippen molar-refractivity contribution in [1.29, 1.82) is 0 Å². The van der Waals surface area contributed by atoms with Crippen molar-refractivity contribution >= 4 is 40.6 Å². The molecule has 0 radical (unpaired) electrons. The van der Waals surface area contributed by atoms with Crippen LogP contribution in [0.15, 0.2) is 48.9 Å². The smallest absolute Gasteiger partial charge is 0.387 e. The molecule has 0 fully saturated rings. The molecule has 25 heteroatoms. The molecule has 61 heavy (non-hydrogen) atoms. The van der Waals surface area contributed by atoms with Crippen LogP contribution in [0.2, 0.25) is 0 Å². The third-order valence-electron chi connectivity index (χ3n) is 8.92. The standard InChI is InChI=1S/C24BF20.C12H12N2OS/c26-5-1(6(27)14(35)21(42)13(5)34)25(2-7(28)15(36)22(43)16(37)8(2)29,3-9(30)17(38)23(44)18(39)10(3)31)4-11(32)19(40)24(45)20(41)12(4)33;16-10-15-12-8-13-6-7-14(12)9-11-4-2-1-3-5-11/h;1-8H,9-10H2/q-1;/p+1. The summed E-state index contributed by atoms with van der Waals surface area (Å²) < 4.78 is 301. The summed E-state index contributed by atoms with van der Waals surface area (Å²) in [5, 5.41) is 0. The monoisotopic (exact) mass is 912 g/mol. The van der Waals surface area contributed by atoms with E-state index in [-0.39, 0.29) is 0 Å². The second kappa shape index (κ2) is 17.5. The van der Waals surface area contributed by atoms with Gasteiger partial charge in [-0.3, -0.25) is 0 Å². The van der Waals surface area contributed by atoms with Gasteiger partial charge in [-0.25, -0.2) is 92.8 Å². The Morgan fingerprint density at radius 2 is 0.705 bits per heavy atom. The summed E-state index contributed by atoms with van der Waals surface area (Å²) in [6, 6.07) is 10.2. The number of thiol groups is 1. The normalized spacial score (nSPS) is 11.5. The molecule has 6 aromatic rings. The summed E-state index contributed by atoms with van der Waals surface area (Å²) in [6.45, 7) is 0.770. The number of ether oxygens (including phenoxy) is 1. The maximum absolute atomic E-state index is 15.4.